The molecule has 1 aliphatic rings. The van der Waals surface area contributed by atoms with E-state index in [1.165, 1.54) is 22.6 Å². The number of aryl methyl sites for hydroxylation is 1. The number of nitrogens with zero attached hydrogens (tertiary/aromatic N) is 4. The number of hydrogen-bond donors (Lipinski definition) is 0. The second-order valence-electron chi connectivity index (χ2n) is 7.14. The Morgan fingerprint density at radius 2 is 2.00 bits per heavy atom. The van der Waals surface area contributed by atoms with Crippen molar-refractivity contribution in [3.63, 3.8) is 0 Å². The first kappa shape index (κ1) is 19.8. The first-order chi connectivity index (χ1) is 14.0. The summed E-state index contributed by atoms with van der Waals surface area (Å²) in [6, 6.07) is 7.27. The minimum atomic E-state index is -3.71. The average Bonchev–Trinajstić information content (AvgIpc) is 3.33. The number of halogens is 1. The molecule has 0 radical (unpaired) electrons. The van der Waals surface area contributed by atoms with E-state index in [2.05, 4.69) is 10.3 Å². The first-order valence-corrected chi connectivity index (χ1v) is 11.2. The number of hydrogen-bond acceptors (Lipinski definition) is 5. The molecule has 1 aliphatic heterocycles. The number of benzene rings is 1. The lowest BCUT2D eigenvalue weighted by Crippen LogP contribution is -2.34. The summed E-state index contributed by atoms with van der Waals surface area (Å²) in [6.07, 6.45) is 6.28. The normalized spacial score (nSPS) is 18.6. The summed E-state index contributed by atoms with van der Waals surface area (Å²) in [5, 5.41) is 8.28. The minimum absolute atomic E-state index is 0.188. The van der Waals surface area contributed by atoms with Crippen molar-refractivity contribution in [2.24, 2.45) is 0 Å². The van der Waals surface area contributed by atoms with Gasteiger partial charge >= 0.3 is 0 Å². The standard InChI is InChI=1S/C20H23FN4O3S/c1-2-24-14-17(13-22-24)29(26,27)25-11-5-3-4-6-19(25)18-12-20(28-23-18)15-7-9-16(21)10-8-15/h7-10,12-14,19H,2-6,11H2,1H3. The van der Waals surface area contributed by atoms with E-state index < -0.39 is 16.1 Å². The lowest BCUT2D eigenvalue weighted by Gasteiger charge is -2.27. The highest BCUT2D eigenvalue weighted by Crippen LogP contribution is 2.35. The Bertz CT molecular complexity index is 1080. The van der Waals surface area contributed by atoms with Gasteiger partial charge in [0.2, 0.25) is 10.0 Å². The fourth-order valence-corrected chi connectivity index (χ4v) is 5.27. The topological polar surface area (TPSA) is 81.2 Å². The van der Waals surface area contributed by atoms with E-state index in [9.17, 15) is 12.8 Å². The maximum atomic E-state index is 13.3. The van der Waals surface area contributed by atoms with Gasteiger partial charge in [-0.25, -0.2) is 12.8 Å². The molecule has 0 saturated carbocycles. The van der Waals surface area contributed by atoms with Gasteiger partial charge in [0.05, 0.1) is 12.2 Å². The van der Waals surface area contributed by atoms with E-state index in [0.717, 1.165) is 19.3 Å². The van der Waals surface area contributed by atoms with Gasteiger partial charge in [0.1, 0.15) is 16.4 Å². The molecular weight excluding hydrogens is 395 g/mol. The van der Waals surface area contributed by atoms with E-state index in [1.54, 1.807) is 29.1 Å². The summed E-state index contributed by atoms with van der Waals surface area (Å²) in [4.78, 5) is 0.188. The SMILES string of the molecule is CCn1cc(S(=O)(=O)N2CCCCCC2c2cc(-c3ccc(F)cc3)on2)cn1. The van der Waals surface area contributed by atoms with Crippen molar-refractivity contribution in [3.8, 4) is 11.3 Å². The molecule has 0 spiro atoms. The maximum Gasteiger partial charge on any atom is 0.246 e. The van der Waals surface area contributed by atoms with Gasteiger partial charge in [-0.15, -0.1) is 0 Å². The van der Waals surface area contributed by atoms with E-state index in [1.807, 2.05) is 6.92 Å². The van der Waals surface area contributed by atoms with Crippen LogP contribution in [0.3, 0.4) is 0 Å². The molecule has 9 heteroatoms. The van der Waals surface area contributed by atoms with Crippen molar-refractivity contribution in [2.45, 2.75) is 50.1 Å². The van der Waals surface area contributed by atoms with Crippen LogP contribution < -0.4 is 0 Å². The highest BCUT2D eigenvalue weighted by molar-refractivity contribution is 7.89. The second kappa shape index (κ2) is 8.08. The van der Waals surface area contributed by atoms with Gasteiger partial charge in [-0.3, -0.25) is 4.68 Å². The lowest BCUT2D eigenvalue weighted by atomic mass is 10.1. The van der Waals surface area contributed by atoms with Crippen molar-refractivity contribution in [3.05, 3.63) is 54.2 Å². The van der Waals surface area contributed by atoms with Crippen LogP contribution in [0, 0.1) is 5.82 Å². The first-order valence-electron chi connectivity index (χ1n) is 9.76. The van der Waals surface area contributed by atoms with Crippen molar-refractivity contribution < 1.29 is 17.3 Å². The Morgan fingerprint density at radius 3 is 2.72 bits per heavy atom. The number of rotatable bonds is 5. The third-order valence-corrected chi connectivity index (χ3v) is 7.10. The van der Waals surface area contributed by atoms with Crippen molar-refractivity contribution in [2.75, 3.05) is 6.54 Å². The molecule has 1 aromatic carbocycles. The van der Waals surface area contributed by atoms with Crippen LogP contribution in [0.2, 0.25) is 0 Å². The minimum Gasteiger partial charge on any atom is -0.356 e. The number of sulfonamides is 1. The van der Waals surface area contributed by atoms with Crippen molar-refractivity contribution >= 4 is 10.0 Å². The van der Waals surface area contributed by atoms with Crippen molar-refractivity contribution in [1.82, 2.24) is 19.2 Å². The summed E-state index contributed by atoms with van der Waals surface area (Å²) >= 11 is 0. The van der Waals surface area contributed by atoms with E-state index in [0.29, 0.717) is 36.5 Å². The average molecular weight is 418 g/mol. The fourth-order valence-electron chi connectivity index (χ4n) is 3.65. The van der Waals surface area contributed by atoms with Gasteiger partial charge in [0, 0.05) is 30.9 Å². The zero-order valence-corrected chi connectivity index (χ0v) is 17.0. The molecular formula is C20H23FN4O3S. The smallest absolute Gasteiger partial charge is 0.246 e. The lowest BCUT2D eigenvalue weighted by molar-refractivity contribution is 0.308. The van der Waals surface area contributed by atoms with E-state index >= 15 is 0 Å². The molecule has 1 atom stereocenters. The Balaban J connectivity index is 1.68. The van der Waals surface area contributed by atoms with Gasteiger partial charge < -0.3 is 4.52 Å². The zero-order valence-electron chi connectivity index (χ0n) is 16.2. The molecule has 0 bridgehead atoms. The summed E-state index contributed by atoms with van der Waals surface area (Å²) in [6.45, 7) is 2.93. The molecule has 1 fully saturated rings. The second-order valence-corrected chi connectivity index (χ2v) is 9.03. The van der Waals surface area contributed by atoms with Gasteiger partial charge in [0.25, 0.3) is 0 Å². The Hall–Kier alpha value is -2.52. The molecule has 0 aliphatic carbocycles. The quantitative estimate of drug-likeness (QED) is 0.625. The largest absolute Gasteiger partial charge is 0.356 e. The van der Waals surface area contributed by atoms with Crippen molar-refractivity contribution in [1.29, 1.82) is 0 Å². The fraction of sp³-hybridized carbons (Fsp3) is 0.400. The van der Waals surface area contributed by atoms with E-state index in [-0.39, 0.29) is 10.7 Å². The Kier molecular flexibility index (Phi) is 5.51. The molecule has 3 aromatic rings. The van der Waals surface area contributed by atoms with Crippen LogP contribution in [-0.4, -0.2) is 34.2 Å². The van der Waals surface area contributed by atoms with Crippen LogP contribution in [0.15, 0.2) is 52.1 Å². The molecule has 0 N–H and O–H groups in total. The summed E-state index contributed by atoms with van der Waals surface area (Å²) in [5.74, 6) is 0.155. The summed E-state index contributed by atoms with van der Waals surface area (Å²) in [7, 11) is -3.71. The van der Waals surface area contributed by atoms with Crippen LogP contribution in [0.4, 0.5) is 4.39 Å². The number of aromatic nitrogens is 3. The van der Waals surface area contributed by atoms with Gasteiger partial charge in [-0.2, -0.15) is 9.40 Å². The maximum absolute atomic E-state index is 13.3. The van der Waals surface area contributed by atoms with Crippen LogP contribution in [0.25, 0.3) is 11.3 Å². The molecule has 2 aromatic heterocycles. The third-order valence-electron chi connectivity index (χ3n) is 5.24. The molecule has 7 nitrogen and oxygen atoms in total. The third kappa shape index (κ3) is 3.97. The van der Waals surface area contributed by atoms with E-state index in [4.69, 9.17) is 4.52 Å². The monoisotopic (exact) mass is 418 g/mol. The Morgan fingerprint density at radius 1 is 1.21 bits per heavy atom. The molecule has 1 saturated heterocycles. The zero-order chi connectivity index (χ0) is 20.4. The predicted molar refractivity (Wildman–Crippen MR) is 105 cm³/mol. The molecule has 29 heavy (non-hydrogen) atoms. The van der Waals surface area contributed by atoms with Crippen LogP contribution >= 0.6 is 0 Å². The molecule has 1 unspecified atom stereocenters. The summed E-state index contributed by atoms with van der Waals surface area (Å²) in [5.41, 5.74) is 1.26. The van der Waals surface area contributed by atoms with Gasteiger partial charge in [-0.1, -0.05) is 18.0 Å². The van der Waals surface area contributed by atoms with Crippen LogP contribution in [-0.2, 0) is 16.6 Å². The molecule has 3 heterocycles. The predicted octanol–water partition coefficient (Wildman–Crippen LogP) is 4.00. The highest BCUT2D eigenvalue weighted by atomic mass is 32.2. The molecule has 0 amide bonds. The Labute approximate surface area is 169 Å². The van der Waals surface area contributed by atoms with Gasteiger partial charge in [-0.05, 0) is 44.0 Å². The molecule has 4 rings (SSSR count). The van der Waals surface area contributed by atoms with Gasteiger partial charge in [0.15, 0.2) is 5.76 Å². The molecule has 154 valence electrons. The highest BCUT2D eigenvalue weighted by Gasteiger charge is 2.36. The van der Waals surface area contributed by atoms with Crippen LogP contribution in [0.5, 0.6) is 0 Å². The van der Waals surface area contributed by atoms with Crippen LogP contribution in [0.1, 0.15) is 44.3 Å². The summed E-state index contributed by atoms with van der Waals surface area (Å²) < 4.78 is 48.4.